The van der Waals surface area contributed by atoms with Crippen molar-refractivity contribution in [2.24, 2.45) is 22.7 Å². The third-order valence-corrected chi connectivity index (χ3v) is 9.02. The molecule has 0 saturated heterocycles. The molecule has 0 aromatic carbocycles. The predicted molar refractivity (Wildman–Crippen MR) is 126 cm³/mol. The fraction of sp³-hybridized carbons (Fsp3) is 0.714. The van der Waals surface area contributed by atoms with Crippen LogP contribution in [0.5, 0.6) is 0 Å². The molecule has 0 aromatic rings. The summed E-state index contributed by atoms with van der Waals surface area (Å²) in [6.45, 7) is 4.33. The van der Waals surface area contributed by atoms with E-state index in [2.05, 4.69) is 32.1 Å². The van der Waals surface area contributed by atoms with Gasteiger partial charge in [0.15, 0.2) is 0 Å². The second kappa shape index (κ2) is 9.33. The molecule has 4 atom stereocenters. The van der Waals surface area contributed by atoms with E-state index in [1.165, 1.54) is 11.1 Å². The molecule has 8 heteroatoms. The van der Waals surface area contributed by atoms with E-state index in [0.29, 0.717) is 12.3 Å². The number of hydrogen-bond acceptors (Lipinski definition) is 2. The van der Waals surface area contributed by atoms with Gasteiger partial charge in [-0.05, 0) is 93.0 Å². The first kappa shape index (κ1) is 27.5. The van der Waals surface area contributed by atoms with E-state index in [9.17, 15) is 36.6 Å². The number of halogens is 6. The highest BCUT2D eigenvalue weighted by atomic mass is 19.4. The van der Waals surface area contributed by atoms with E-state index < -0.39 is 23.4 Å². The quantitative estimate of drug-likeness (QED) is 0.289. The topological polar surface area (TPSA) is 40.5 Å². The normalized spacial score (nSPS) is 35.4. The highest BCUT2D eigenvalue weighted by Crippen LogP contribution is 2.67. The summed E-state index contributed by atoms with van der Waals surface area (Å²) in [7, 11) is 0. The summed E-state index contributed by atoms with van der Waals surface area (Å²) >= 11 is 0. The van der Waals surface area contributed by atoms with Gasteiger partial charge >= 0.3 is 12.4 Å². The molecular formula is C28H36F6O2. The van der Waals surface area contributed by atoms with Crippen LogP contribution in [-0.4, -0.2) is 34.3 Å². The molecule has 4 aliphatic carbocycles. The van der Waals surface area contributed by atoms with Crippen molar-refractivity contribution in [1.82, 2.24) is 0 Å². The smallest absolute Gasteiger partial charge is 0.393 e. The molecule has 0 aliphatic heterocycles. The monoisotopic (exact) mass is 518 g/mol. The SMILES string of the molecule is C[C@@H]1C/C(=C/C=C2\CCCC3(C)C(C4(C/C=C\C(O)(C(F)(F)F)C(F)(F)F)CC4)=CC[C@@H]23)CC(O)C1. The van der Waals surface area contributed by atoms with Crippen LogP contribution in [0, 0.1) is 22.7 Å². The lowest BCUT2D eigenvalue weighted by atomic mass is 9.61. The Morgan fingerprint density at radius 1 is 1.03 bits per heavy atom. The summed E-state index contributed by atoms with van der Waals surface area (Å²) < 4.78 is 78.3. The average molecular weight is 519 g/mol. The molecule has 0 radical (unpaired) electrons. The van der Waals surface area contributed by atoms with Crippen molar-refractivity contribution in [1.29, 1.82) is 0 Å². The Balaban J connectivity index is 1.51. The Morgan fingerprint density at radius 3 is 2.28 bits per heavy atom. The van der Waals surface area contributed by atoms with Gasteiger partial charge in [0.05, 0.1) is 6.10 Å². The maximum absolute atomic E-state index is 13.1. The first-order valence-electron chi connectivity index (χ1n) is 12.9. The van der Waals surface area contributed by atoms with Gasteiger partial charge in [0.25, 0.3) is 5.60 Å². The fourth-order valence-electron chi connectivity index (χ4n) is 7.01. The highest BCUT2D eigenvalue weighted by molar-refractivity contribution is 5.40. The Labute approximate surface area is 208 Å². The number of allylic oxidation sites excluding steroid dienone is 6. The number of alkyl halides is 6. The molecule has 0 aromatic heterocycles. The predicted octanol–water partition coefficient (Wildman–Crippen LogP) is 7.74. The van der Waals surface area contributed by atoms with Gasteiger partial charge in [-0.3, -0.25) is 0 Å². The maximum Gasteiger partial charge on any atom is 0.429 e. The number of hydrogen-bond donors (Lipinski definition) is 2. The van der Waals surface area contributed by atoms with Crippen LogP contribution in [0.3, 0.4) is 0 Å². The highest BCUT2D eigenvalue weighted by Gasteiger charge is 2.69. The molecule has 2 N–H and O–H groups in total. The van der Waals surface area contributed by atoms with Gasteiger partial charge < -0.3 is 10.2 Å². The van der Waals surface area contributed by atoms with Gasteiger partial charge in [-0.2, -0.15) is 26.3 Å². The van der Waals surface area contributed by atoms with Crippen molar-refractivity contribution in [2.45, 2.75) is 102 Å². The van der Waals surface area contributed by atoms with Crippen LogP contribution in [0.2, 0.25) is 0 Å². The molecule has 2 nitrogen and oxygen atoms in total. The van der Waals surface area contributed by atoms with E-state index in [4.69, 9.17) is 0 Å². The molecule has 4 aliphatic rings. The molecule has 3 fully saturated rings. The Morgan fingerprint density at radius 2 is 1.69 bits per heavy atom. The largest absolute Gasteiger partial charge is 0.429 e. The van der Waals surface area contributed by atoms with Gasteiger partial charge in [-0.1, -0.05) is 54.9 Å². The zero-order chi connectivity index (χ0) is 26.6. The molecule has 0 amide bonds. The van der Waals surface area contributed by atoms with Gasteiger partial charge in [0.2, 0.25) is 0 Å². The third-order valence-electron chi connectivity index (χ3n) is 9.02. The standard InChI is InChI=1S/C28H36F6O2/c1-18-15-19(17-21(35)16-18)6-7-20-5-3-10-24(2)22(20)8-9-23(24)25(13-14-25)11-4-12-26(36,27(29,30)31)28(32,33)34/h4,6-7,9,12,18,21-22,35-36H,3,5,8,10-11,13-17H2,1-2H3/b12-4-,19-6-,20-7+/t18-,21?,22+,24?/m1/s1. The summed E-state index contributed by atoms with van der Waals surface area (Å²) in [5, 5.41) is 19.6. The van der Waals surface area contributed by atoms with Gasteiger partial charge in [-0.15, -0.1) is 0 Å². The van der Waals surface area contributed by atoms with Crippen LogP contribution in [0.4, 0.5) is 26.3 Å². The zero-order valence-electron chi connectivity index (χ0n) is 20.9. The molecule has 0 spiro atoms. The van der Waals surface area contributed by atoms with E-state index in [-0.39, 0.29) is 29.9 Å². The van der Waals surface area contributed by atoms with Crippen molar-refractivity contribution in [3.05, 3.63) is 47.1 Å². The molecule has 0 bridgehead atoms. The summed E-state index contributed by atoms with van der Waals surface area (Å²) in [6.07, 6.45) is 3.01. The summed E-state index contributed by atoms with van der Waals surface area (Å²) in [5.41, 5.74) is -1.70. The van der Waals surface area contributed by atoms with Gasteiger partial charge in [-0.25, -0.2) is 0 Å². The zero-order valence-corrected chi connectivity index (χ0v) is 20.9. The number of fused-ring (bicyclic) bond motifs is 1. The minimum absolute atomic E-state index is 0.0501. The molecular weight excluding hydrogens is 482 g/mol. The van der Waals surface area contributed by atoms with Gasteiger partial charge in [0.1, 0.15) is 0 Å². The van der Waals surface area contributed by atoms with Crippen molar-refractivity contribution in [3.8, 4) is 0 Å². The minimum atomic E-state index is -5.84. The van der Waals surface area contributed by atoms with Crippen LogP contribution in [0.1, 0.15) is 78.1 Å². The fourth-order valence-corrected chi connectivity index (χ4v) is 7.01. The second-order valence-electron chi connectivity index (χ2n) is 11.8. The van der Waals surface area contributed by atoms with Crippen LogP contribution >= 0.6 is 0 Å². The average Bonchev–Trinajstić information content (AvgIpc) is 3.42. The van der Waals surface area contributed by atoms with Crippen molar-refractivity contribution >= 4 is 0 Å². The van der Waals surface area contributed by atoms with Crippen molar-refractivity contribution < 1.29 is 36.6 Å². The second-order valence-corrected chi connectivity index (χ2v) is 11.8. The van der Waals surface area contributed by atoms with Crippen LogP contribution in [0.25, 0.3) is 0 Å². The lowest BCUT2D eigenvalue weighted by molar-refractivity contribution is -0.347. The third kappa shape index (κ3) is 4.96. The molecule has 3 saturated carbocycles. The summed E-state index contributed by atoms with van der Waals surface area (Å²) in [6, 6.07) is 0. The van der Waals surface area contributed by atoms with E-state index >= 15 is 0 Å². The Kier molecular flexibility index (Phi) is 7.13. The summed E-state index contributed by atoms with van der Waals surface area (Å²) in [5.74, 6) is 0.720. The first-order chi connectivity index (χ1) is 16.6. The molecule has 36 heavy (non-hydrogen) atoms. The van der Waals surface area contributed by atoms with Crippen molar-refractivity contribution in [3.63, 3.8) is 0 Å². The first-order valence-corrected chi connectivity index (χ1v) is 12.9. The van der Waals surface area contributed by atoms with Crippen molar-refractivity contribution in [2.75, 3.05) is 0 Å². The summed E-state index contributed by atoms with van der Waals surface area (Å²) in [4.78, 5) is 0. The molecule has 0 heterocycles. The minimum Gasteiger partial charge on any atom is -0.393 e. The van der Waals surface area contributed by atoms with Gasteiger partial charge in [0, 0.05) is 0 Å². The molecule has 4 rings (SSSR count). The molecule has 202 valence electrons. The lowest BCUT2D eigenvalue weighted by Crippen LogP contribution is -2.55. The molecule has 2 unspecified atom stereocenters. The Bertz CT molecular complexity index is 940. The van der Waals surface area contributed by atoms with E-state index in [1.807, 2.05) is 0 Å². The number of aliphatic hydroxyl groups is 2. The number of rotatable bonds is 5. The van der Waals surface area contributed by atoms with E-state index in [1.54, 1.807) is 0 Å². The lowest BCUT2D eigenvalue weighted by Gasteiger charge is -2.43. The Hall–Kier alpha value is -1.54. The number of aliphatic hydroxyl groups excluding tert-OH is 1. The van der Waals surface area contributed by atoms with Crippen LogP contribution in [0.15, 0.2) is 47.1 Å². The van der Waals surface area contributed by atoms with E-state index in [0.717, 1.165) is 63.0 Å². The van der Waals surface area contributed by atoms with Crippen LogP contribution in [-0.2, 0) is 0 Å². The maximum atomic E-state index is 13.1. The van der Waals surface area contributed by atoms with Crippen LogP contribution < -0.4 is 0 Å².